The third-order valence-electron chi connectivity index (χ3n) is 4.35. The maximum atomic E-state index is 12.1. The van der Waals surface area contributed by atoms with Crippen LogP contribution in [0.1, 0.15) is 24.1 Å². The van der Waals surface area contributed by atoms with Crippen molar-refractivity contribution in [1.82, 2.24) is 14.7 Å². The van der Waals surface area contributed by atoms with Gasteiger partial charge in [0.2, 0.25) is 0 Å². The topological polar surface area (TPSA) is 47.4 Å². The highest BCUT2D eigenvalue weighted by atomic mass is 16.5. The Balaban J connectivity index is 1.60. The lowest BCUT2D eigenvalue weighted by atomic mass is 9.96. The minimum absolute atomic E-state index is 0.0704. The molecular weight excluding hydrogens is 254 g/mol. The van der Waals surface area contributed by atoms with Crippen LogP contribution in [0, 0.1) is 5.92 Å². The first-order chi connectivity index (χ1) is 9.76. The minimum atomic E-state index is 0.0704. The van der Waals surface area contributed by atoms with Crippen LogP contribution >= 0.6 is 0 Å². The van der Waals surface area contributed by atoms with Gasteiger partial charge in [-0.1, -0.05) is 0 Å². The molecule has 0 N–H and O–H groups in total. The molecule has 0 atom stereocenters. The summed E-state index contributed by atoms with van der Waals surface area (Å²) in [7, 11) is 1.73. The van der Waals surface area contributed by atoms with Gasteiger partial charge in [-0.25, -0.2) is 4.68 Å². The van der Waals surface area contributed by atoms with E-state index in [1.165, 1.54) is 18.4 Å². The van der Waals surface area contributed by atoms with Gasteiger partial charge in [-0.3, -0.25) is 4.79 Å². The highest BCUT2D eigenvalue weighted by Gasteiger charge is 2.27. The molecule has 1 aromatic heterocycles. The van der Waals surface area contributed by atoms with Crippen LogP contribution in [0.25, 0.3) is 0 Å². The van der Waals surface area contributed by atoms with Crippen molar-refractivity contribution in [1.29, 1.82) is 0 Å². The van der Waals surface area contributed by atoms with Gasteiger partial charge in [0.05, 0.1) is 18.8 Å². The summed E-state index contributed by atoms with van der Waals surface area (Å²) in [5.74, 6) is 0.554. The molecule has 2 aliphatic rings. The van der Waals surface area contributed by atoms with Crippen LogP contribution in [-0.2, 0) is 24.1 Å². The second kappa shape index (κ2) is 6.06. The minimum Gasteiger partial charge on any atom is -0.383 e. The van der Waals surface area contributed by atoms with Crippen molar-refractivity contribution in [3.63, 3.8) is 0 Å². The van der Waals surface area contributed by atoms with Crippen molar-refractivity contribution in [2.24, 2.45) is 5.92 Å². The number of hydrogen-bond acceptors (Lipinski definition) is 4. The molecule has 5 nitrogen and oxygen atoms in total. The number of methoxy groups -OCH3 is 1. The summed E-state index contributed by atoms with van der Waals surface area (Å²) in [6.07, 6.45) is 4.44. The number of ether oxygens (including phenoxy) is 1. The second-order valence-corrected chi connectivity index (χ2v) is 5.96. The molecule has 5 heteroatoms. The summed E-state index contributed by atoms with van der Waals surface area (Å²) in [4.78, 5) is 14.4. The van der Waals surface area contributed by atoms with E-state index in [9.17, 15) is 4.79 Å². The van der Waals surface area contributed by atoms with E-state index >= 15 is 0 Å². The molecule has 1 aromatic rings. The third-order valence-corrected chi connectivity index (χ3v) is 4.35. The van der Waals surface area contributed by atoms with Crippen molar-refractivity contribution >= 4 is 0 Å². The monoisotopic (exact) mass is 277 g/mol. The summed E-state index contributed by atoms with van der Waals surface area (Å²) in [5, 5.41) is 4.58. The number of aryl methyl sites for hydroxylation is 2. The van der Waals surface area contributed by atoms with E-state index in [1.807, 2.05) is 6.07 Å². The number of aromatic nitrogens is 2. The molecule has 1 fully saturated rings. The number of hydrogen-bond donors (Lipinski definition) is 0. The standard InChI is InChI=1S/C15H23N3O2/c1-20-7-6-17-9-12(10-17)11-18-15(19)8-13-4-2-3-5-14(13)16-18/h8,12H,2-7,9-11H2,1H3. The van der Waals surface area contributed by atoms with Crippen LogP contribution in [0.5, 0.6) is 0 Å². The Morgan fingerprint density at radius 3 is 2.95 bits per heavy atom. The Morgan fingerprint density at radius 1 is 1.35 bits per heavy atom. The van der Waals surface area contributed by atoms with Crippen molar-refractivity contribution in [2.45, 2.75) is 32.2 Å². The van der Waals surface area contributed by atoms with Crippen LogP contribution in [0.4, 0.5) is 0 Å². The molecule has 20 heavy (non-hydrogen) atoms. The zero-order chi connectivity index (χ0) is 13.9. The summed E-state index contributed by atoms with van der Waals surface area (Å²) in [6.45, 7) is 4.63. The van der Waals surface area contributed by atoms with Gasteiger partial charge in [-0.15, -0.1) is 0 Å². The zero-order valence-electron chi connectivity index (χ0n) is 12.2. The molecule has 1 aliphatic heterocycles. The third kappa shape index (κ3) is 2.94. The van der Waals surface area contributed by atoms with E-state index in [-0.39, 0.29) is 5.56 Å². The van der Waals surface area contributed by atoms with Gasteiger partial charge in [-0.05, 0) is 31.2 Å². The van der Waals surface area contributed by atoms with Crippen molar-refractivity contribution in [3.05, 3.63) is 27.7 Å². The van der Waals surface area contributed by atoms with E-state index < -0.39 is 0 Å². The van der Waals surface area contributed by atoms with Gasteiger partial charge in [0.25, 0.3) is 5.56 Å². The second-order valence-electron chi connectivity index (χ2n) is 5.96. The van der Waals surface area contributed by atoms with E-state index in [0.717, 1.165) is 51.3 Å². The fraction of sp³-hybridized carbons (Fsp3) is 0.733. The summed E-state index contributed by atoms with van der Waals surface area (Å²) >= 11 is 0. The highest BCUT2D eigenvalue weighted by molar-refractivity contribution is 5.20. The molecule has 0 radical (unpaired) electrons. The molecule has 0 saturated carbocycles. The lowest BCUT2D eigenvalue weighted by Crippen LogP contribution is -2.50. The predicted molar refractivity (Wildman–Crippen MR) is 76.9 cm³/mol. The van der Waals surface area contributed by atoms with Gasteiger partial charge in [0.1, 0.15) is 0 Å². The Morgan fingerprint density at radius 2 is 2.15 bits per heavy atom. The molecule has 0 unspecified atom stereocenters. The largest absolute Gasteiger partial charge is 0.383 e. The average molecular weight is 277 g/mol. The first kappa shape index (κ1) is 13.8. The summed E-state index contributed by atoms with van der Waals surface area (Å²) in [5.41, 5.74) is 2.39. The smallest absolute Gasteiger partial charge is 0.267 e. The fourth-order valence-electron chi connectivity index (χ4n) is 3.17. The van der Waals surface area contributed by atoms with Crippen LogP contribution in [0.3, 0.4) is 0 Å². The van der Waals surface area contributed by atoms with Crippen molar-refractivity contribution < 1.29 is 4.74 Å². The number of nitrogens with zero attached hydrogens (tertiary/aromatic N) is 3. The Labute approximate surface area is 119 Å². The molecule has 110 valence electrons. The molecule has 3 rings (SSSR count). The molecular formula is C15H23N3O2. The fourth-order valence-corrected chi connectivity index (χ4v) is 3.17. The van der Waals surface area contributed by atoms with Gasteiger partial charge < -0.3 is 9.64 Å². The average Bonchev–Trinajstić information content (AvgIpc) is 2.41. The van der Waals surface area contributed by atoms with Crippen LogP contribution in [0.15, 0.2) is 10.9 Å². The van der Waals surface area contributed by atoms with Gasteiger partial charge in [0, 0.05) is 38.7 Å². The molecule has 0 aromatic carbocycles. The molecule has 0 amide bonds. The Hall–Kier alpha value is -1.20. The van der Waals surface area contributed by atoms with Gasteiger partial charge in [0.15, 0.2) is 0 Å². The number of rotatable bonds is 5. The zero-order valence-corrected chi connectivity index (χ0v) is 12.2. The van der Waals surface area contributed by atoms with Crippen LogP contribution in [0.2, 0.25) is 0 Å². The SMILES string of the molecule is COCCN1CC(Cn2nc3c(cc2=O)CCCC3)C1. The lowest BCUT2D eigenvalue weighted by molar-refractivity contribution is 0.0540. The summed E-state index contributed by atoms with van der Waals surface area (Å²) in [6, 6.07) is 1.81. The molecule has 2 heterocycles. The predicted octanol–water partition coefficient (Wildman–Crippen LogP) is 0.700. The van der Waals surface area contributed by atoms with Gasteiger partial charge in [-0.2, -0.15) is 5.10 Å². The van der Waals surface area contributed by atoms with E-state index in [1.54, 1.807) is 11.8 Å². The molecule has 1 aliphatic carbocycles. The van der Waals surface area contributed by atoms with Crippen LogP contribution in [-0.4, -0.2) is 48.0 Å². The first-order valence-electron chi connectivity index (χ1n) is 7.57. The molecule has 1 saturated heterocycles. The van der Waals surface area contributed by atoms with E-state index in [4.69, 9.17) is 4.74 Å². The maximum absolute atomic E-state index is 12.1. The van der Waals surface area contributed by atoms with Crippen LogP contribution < -0.4 is 5.56 Å². The van der Waals surface area contributed by atoms with Crippen molar-refractivity contribution in [2.75, 3.05) is 33.4 Å². The normalized spacial score (nSPS) is 19.6. The molecule has 0 bridgehead atoms. The Kier molecular flexibility index (Phi) is 4.17. The maximum Gasteiger partial charge on any atom is 0.267 e. The summed E-state index contributed by atoms with van der Waals surface area (Å²) < 4.78 is 6.76. The Bertz CT molecular complexity index is 520. The number of likely N-dealkylation sites (tertiary alicyclic amines) is 1. The van der Waals surface area contributed by atoms with Gasteiger partial charge >= 0.3 is 0 Å². The molecule has 0 spiro atoms. The van der Waals surface area contributed by atoms with E-state index in [2.05, 4.69) is 10.00 Å². The first-order valence-corrected chi connectivity index (χ1v) is 7.57. The van der Waals surface area contributed by atoms with E-state index in [0.29, 0.717) is 5.92 Å². The lowest BCUT2D eigenvalue weighted by Gasteiger charge is -2.39. The highest BCUT2D eigenvalue weighted by Crippen LogP contribution is 2.19. The number of fused-ring (bicyclic) bond motifs is 1. The van der Waals surface area contributed by atoms with Crippen molar-refractivity contribution in [3.8, 4) is 0 Å². The quantitative estimate of drug-likeness (QED) is 0.795.